The number of carbonyl (C=O) groups excluding carboxylic acids is 2. The average molecular weight is 370 g/mol. The van der Waals surface area contributed by atoms with Crippen molar-refractivity contribution in [3.8, 4) is 11.5 Å². The lowest BCUT2D eigenvalue weighted by Gasteiger charge is -2.14. The third-order valence-electron chi connectivity index (χ3n) is 4.14. The van der Waals surface area contributed by atoms with Gasteiger partial charge in [-0.1, -0.05) is 19.9 Å². The molecule has 0 atom stereocenters. The number of hydrogen-bond donors (Lipinski definition) is 2. The molecule has 0 fully saturated rings. The molecule has 0 saturated heterocycles. The Morgan fingerprint density at radius 2 is 1.74 bits per heavy atom. The van der Waals surface area contributed by atoms with Gasteiger partial charge >= 0.3 is 0 Å². The number of ether oxygens (including phenoxy) is 2. The molecule has 2 aromatic rings. The van der Waals surface area contributed by atoms with Crippen LogP contribution in [0.25, 0.3) is 0 Å². The van der Waals surface area contributed by atoms with E-state index >= 15 is 0 Å². The zero-order valence-corrected chi connectivity index (χ0v) is 16.4. The van der Waals surface area contributed by atoms with Crippen molar-refractivity contribution in [3.63, 3.8) is 0 Å². The van der Waals surface area contributed by atoms with Crippen LogP contribution in [0, 0.1) is 12.8 Å². The molecule has 2 rings (SSSR count). The van der Waals surface area contributed by atoms with E-state index in [-0.39, 0.29) is 24.2 Å². The lowest BCUT2D eigenvalue weighted by Crippen LogP contribution is -2.19. The van der Waals surface area contributed by atoms with Gasteiger partial charge in [-0.15, -0.1) is 0 Å². The molecule has 6 nitrogen and oxygen atoms in total. The number of benzene rings is 2. The molecule has 6 heteroatoms. The highest BCUT2D eigenvalue weighted by molar-refractivity contribution is 5.96. The number of amides is 2. The summed E-state index contributed by atoms with van der Waals surface area (Å²) in [6.07, 6.45) is 0.141. The summed E-state index contributed by atoms with van der Waals surface area (Å²) in [6.45, 7) is 5.55. The van der Waals surface area contributed by atoms with Gasteiger partial charge in [0.05, 0.1) is 20.6 Å². The molecule has 0 saturated carbocycles. The number of anilines is 2. The Morgan fingerprint density at radius 3 is 2.37 bits per heavy atom. The summed E-state index contributed by atoms with van der Waals surface area (Å²) in [7, 11) is 3.14. The summed E-state index contributed by atoms with van der Waals surface area (Å²) in [4.78, 5) is 24.4. The van der Waals surface area contributed by atoms with Crippen LogP contribution in [-0.2, 0) is 16.0 Å². The summed E-state index contributed by atoms with van der Waals surface area (Å²) in [5.41, 5.74) is 2.94. The van der Waals surface area contributed by atoms with E-state index in [2.05, 4.69) is 10.6 Å². The summed E-state index contributed by atoms with van der Waals surface area (Å²) in [5, 5.41) is 5.74. The summed E-state index contributed by atoms with van der Waals surface area (Å²) in [5.74, 6) is 0.910. The molecule has 144 valence electrons. The molecule has 0 unspecified atom stereocenters. The van der Waals surface area contributed by atoms with Crippen LogP contribution in [0.4, 0.5) is 11.4 Å². The Kier molecular flexibility index (Phi) is 6.82. The Hall–Kier alpha value is -3.02. The monoisotopic (exact) mass is 370 g/mol. The van der Waals surface area contributed by atoms with Crippen LogP contribution < -0.4 is 20.1 Å². The highest BCUT2D eigenvalue weighted by Crippen LogP contribution is 2.26. The summed E-state index contributed by atoms with van der Waals surface area (Å²) in [6, 6.07) is 10.8. The van der Waals surface area contributed by atoms with Crippen molar-refractivity contribution >= 4 is 23.2 Å². The van der Waals surface area contributed by atoms with Gasteiger partial charge in [-0.2, -0.15) is 0 Å². The number of nitrogens with one attached hydrogen (secondary N) is 2. The van der Waals surface area contributed by atoms with Crippen LogP contribution in [0.1, 0.15) is 25.0 Å². The summed E-state index contributed by atoms with van der Waals surface area (Å²) >= 11 is 0. The number of rotatable bonds is 7. The van der Waals surface area contributed by atoms with E-state index in [4.69, 9.17) is 9.47 Å². The first kappa shape index (κ1) is 20.3. The number of methoxy groups -OCH3 is 2. The highest BCUT2D eigenvalue weighted by atomic mass is 16.5. The molecule has 2 aromatic carbocycles. The molecule has 0 bridgehead atoms. The zero-order valence-electron chi connectivity index (χ0n) is 16.4. The van der Waals surface area contributed by atoms with Gasteiger partial charge < -0.3 is 20.1 Å². The van der Waals surface area contributed by atoms with E-state index in [9.17, 15) is 9.59 Å². The molecule has 27 heavy (non-hydrogen) atoms. The fourth-order valence-corrected chi connectivity index (χ4v) is 2.51. The molecule has 0 aliphatic carbocycles. The molecule has 2 amide bonds. The predicted octanol–water partition coefficient (Wildman–Crippen LogP) is 3.79. The minimum Gasteiger partial charge on any atom is -0.497 e. The maximum absolute atomic E-state index is 12.5. The van der Waals surface area contributed by atoms with Crippen LogP contribution in [0.3, 0.4) is 0 Å². The largest absolute Gasteiger partial charge is 0.497 e. The van der Waals surface area contributed by atoms with Crippen molar-refractivity contribution in [2.24, 2.45) is 5.92 Å². The van der Waals surface area contributed by atoms with Crippen LogP contribution >= 0.6 is 0 Å². The molecular weight excluding hydrogens is 344 g/mol. The van der Waals surface area contributed by atoms with E-state index in [0.29, 0.717) is 22.9 Å². The maximum atomic E-state index is 12.5. The van der Waals surface area contributed by atoms with Gasteiger partial charge in [-0.05, 0) is 42.8 Å². The van der Waals surface area contributed by atoms with Crippen molar-refractivity contribution in [3.05, 3.63) is 47.5 Å². The van der Waals surface area contributed by atoms with Crippen molar-refractivity contribution in [2.75, 3.05) is 24.9 Å². The molecule has 0 spiro atoms. The van der Waals surface area contributed by atoms with Gasteiger partial charge in [0.15, 0.2) is 0 Å². The molecular formula is C21H26N2O4. The van der Waals surface area contributed by atoms with Crippen LogP contribution in [0.5, 0.6) is 11.5 Å². The first-order valence-corrected chi connectivity index (χ1v) is 8.76. The van der Waals surface area contributed by atoms with Crippen molar-refractivity contribution < 1.29 is 19.1 Å². The topological polar surface area (TPSA) is 76.7 Å². The minimum absolute atomic E-state index is 0.0720. The number of hydrogen-bond acceptors (Lipinski definition) is 4. The number of carbonyl (C=O) groups is 2. The second-order valence-corrected chi connectivity index (χ2v) is 6.58. The Morgan fingerprint density at radius 1 is 1.00 bits per heavy atom. The lowest BCUT2D eigenvalue weighted by atomic mass is 10.1. The Balaban J connectivity index is 2.15. The van der Waals surface area contributed by atoms with E-state index in [1.807, 2.05) is 32.9 Å². The number of aryl methyl sites for hydroxylation is 1. The smallest absolute Gasteiger partial charge is 0.228 e. The second-order valence-electron chi connectivity index (χ2n) is 6.58. The van der Waals surface area contributed by atoms with Crippen LogP contribution in [-0.4, -0.2) is 26.0 Å². The quantitative estimate of drug-likeness (QED) is 0.777. The van der Waals surface area contributed by atoms with Gasteiger partial charge in [-0.25, -0.2) is 0 Å². The molecule has 0 radical (unpaired) electrons. The first-order chi connectivity index (χ1) is 12.8. The zero-order chi connectivity index (χ0) is 20.0. The fraction of sp³-hybridized carbons (Fsp3) is 0.333. The van der Waals surface area contributed by atoms with Gasteiger partial charge in [0, 0.05) is 22.9 Å². The second kappa shape index (κ2) is 9.07. The first-order valence-electron chi connectivity index (χ1n) is 8.76. The molecule has 0 aliphatic heterocycles. The van der Waals surface area contributed by atoms with Gasteiger partial charge in [0.25, 0.3) is 0 Å². The average Bonchev–Trinajstić information content (AvgIpc) is 2.64. The third kappa shape index (κ3) is 5.48. The predicted molar refractivity (Wildman–Crippen MR) is 107 cm³/mol. The van der Waals surface area contributed by atoms with E-state index in [0.717, 1.165) is 11.1 Å². The third-order valence-corrected chi connectivity index (χ3v) is 4.14. The van der Waals surface area contributed by atoms with Gasteiger partial charge in [0.1, 0.15) is 11.5 Å². The highest BCUT2D eigenvalue weighted by Gasteiger charge is 2.13. The fourth-order valence-electron chi connectivity index (χ4n) is 2.51. The molecule has 2 N–H and O–H groups in total. The van der Waals surface area contributed by atoms with Gasteiger partial charge in [-0.3, -0.25) is 9.59 Å². The van der Waals surface area contributed by atoms with Crippen molar-refractivity contribution in [1.82, 2.24) is 0 Å². The molecule has 0 aliphatic rings. The minimum atomic E-state index is -0.183. The van der Waals surface area contributed by atoms with Crippen molar-refractivity contribution in [1.29, 1.82) is 0 Å². The van der Waals surface area contributed by atoms with Gasteiger partial charge in [0.2, 0.25) is 11.8 Å². The SMILES string of the molecule is COc1ccc(OC)c(CC(=O)Nc2cc(NC(=O)C(C)C)ccc2C)c1. The van der Waals surface area contributed by atoms with Crippen molar-refractivity contribution in [2.45, 2.75) is 27.2 Å². The standard InChI is InChI=1S/C21H26N2O4/c1-13(2)21(25)22-16-7-6-14(3)18(12-16)23-20(24)11-15-10-17(26-4)8-9-19(15)27-5/h6-10,12-13H,11H2,1-5H3,(H,22,25)(H,23,24). The van der Waals surface area contributed by atoms with Crippen LogP contribution in [0.2, 0.25) is 0 Å². The van der Waals surface area contributed by atoms with E-state index in [1.165, 1.54) is 0 Å². The summed E-state index contributed by atoms with van der Waals surface area (Å²) < 4.78 is 10.5. The lowest BCUT2D eigenvalue weighted by molar-refractivity contribution is -0.119. The maximum Gasteiger partial charge on any atom is 0.228 e. The van der Waals surface area contributed by atoms with Crippen LogP contribution in [0.15, 0.2) is 36.4 Å². The Labute approximate surface area is 159 Å². The molecule has 0 heterocycles. The molecule has 0 aromatic heterocycles. The normalized spacial score (nSPS) is 10.4. The Bertz CT molecular complexity index is 831. The van der Waals surface area contributed by atoms with E-state index < -0.39 is 0 Å². The van der Waals surface area contributed by atoms with E-state index in [1.54, 1.807) is 38.5 Å².